The molecule has 3 N–H and O–H groups in total. The minimum atomic E-state index is -3.07. The van der Waals surface area contributed by atoms with Crippen LogP contribution in [0.15, 0.2) is 22.8 Å². The molecule has 1 aromatic rings. The Kier molecular flexibility index (Phi) is 5.87. The number of urea groups is 1. The van der Waals surface area contributed by atoms with Gasteiger partial charge in [-0.1, -0.05) is 13.8 Å². The van der Waals surface area contributed by atoms with E-state index in [0.29, 0.717) is 12.2 Å². The molecule has 0 saturated carbocycles. The highest BCUT2D eigenvalue weighted by molar-refractivity contribution is 7.91. The Hall–Kier alpha value is -2.03. The maximum Gasteiger partial charge on any atom is 0.315 e. The van der Waals surface area contributed by atoms with Crippen LogP contribution in [-0.2, 0) is 21.2 Å². The molecule has 2 heterocycles. The van der Waals surface area contributed by atoms with E-state index in [4.69, 9.17) is 4.42 Å². The molecule has 0 radical (unpaired) electrons. The molecular weight excluding hydrogens is 334 g/mol. The van der Waals surface area contributed by atoms with Gasteiger partial charge in [-0.3, -0.25) is 4.79 Å². The first-order chi connectivity index (χ1) is 11.3. The fraction of sp³-hybridized carbons (Fsp3) is 0.600. The standard InChI is InChI=1S/C15H23N3O5S/c1-10(2)13(14(19)16-8-12-4-3-6-23-12)18-15(20)17-11-5-7-24(21,22)9-11/h3-4,6,10-11,13H,5,7-9H2,1-2H3,(H,16,19)(H2,17,18,20)/t11-,13-/m0/s1. The molecule has 134 valence electrons. The summed E-state index contributed by atoms with van der Waals surface area (Å²) in [6, 6.07) is 1.80. The predicted molar refractivity (Wildman–Crippen MR) is 87.9 cm³/mol. The van der Waals surface area contributed by atoms with Gasteiger partial charge >= 0.3 is 6.03 Å². The normalized spacial score (nSPS) is 20.5. The van der Waals surface area contributed by atoms with Crippen molar-refractivity contribution in [2.45, 2.75) is 38.9 Å². The Labute approximate surface area is 141 Å². The zero-order valence-electron chi connectivity index (χ0n) is 13.7. The summed E-state index contributed by atoms with van der Waals surface area (Å²) in [5, 5.41) is 7.94. The van der Waals surface area contributed by atoms with E-state index in [2.05, 4.69) is 16.0 Å². The van der Waals surface area contributed by atoms with Crippen LogP contribution in [0.5, 0.6) is 0 Å². The smallest absolute Gasteiger partial charge is 0.315 e. The molecule has 0 unspecified atom stereocenters. The summed E-state index contributed by atoms with van der Waals surface area (Å²) >= 11 is 0. The lowest BCUT2D eigenvalue weighted by Crippen LogP contribution is -2.54. The second kappa shape index (κ2) is 7.69. The Morgan fingerprint density at radius 3 is 2.67 bits per heavy atom. The van der Waals surface area contributed by atoms with Crippen molar-refractivity contribution >= 4 is 21.8 Å². The molecule has 9 heteroatoms. The van der Waals surface area contributed by atoms with Crippen LogP contribution in [-0.4, -0.2) is 43.9 Å². The molecule has 0 bridgehead atoms. The number of nitrogens with one attached hydrogen (secondary N) is 3. The van der Waals surface area contributed by atoms with Crippen molar-refractivity contribution in [2.24, 2.45) is 5.92 Å². The van der Waals surface area contributed by atoms with Crippen LogP contribution in [0, 0.1) is 5.92 Å². The van der Waals surface area contributed by atoms with Crippen LogP contribution >= 0.6 is 0 Å². The van der Waals surface area contributed by atoms with E-state index in [1.807, 2.05) is 13.8 Å². The monoisotopic (exact) mass is 357 g/mol. The third-order valence-electron chi connectivity index (χ3n) is 3.82. The van der Waals surface area contributed by atoms with Crippen molar-refractivity contribution in [3.63, 3.8) is 0 Å². The lowest BCUT2D eigenvalue weighted by Gasteiger charge is -2.22. The van der Waals surface area contributed by atoms with E-state index in [0.717, 1.165) is 0 Å². The van der Waals surface area contributed by atoms with Crippen molar-refractivity contribution in [1.29, 1.82) is 0 Å². The minimum absolute atomic E-state index is 0.0581. The van der Waals surface area contributed by atoms with Crippen LogP contribution in [0.25, 0.3) is 0 Å². The summed E-state index contributed by atoms with van der Waals surface area (Å²) in [6.45, 7) is 3.87. The summed E-state index contributed by atoms with van der Waals surface area (Å²) in [4.78, 5) is 24.3. The molecule has 24 heavy (non-hydrogen) atoms. The molecular formula is C15H23N3O5S. The van der Waals surface area contributed by atoms with Gasteiger partial charge in [-0.25, -0.2) is 13.2 Å². The first-order valence-electron chi connectivity index (χ1n) is 7.84. The number of hydrogen-bond donors (Lipinski definition) is 3. The number of hydrogen-bond acceptors (Lipinski definition) is 5. The molecule has 1 fully saturated rings. The van der Waals surface area contributed by atoms with Gasteiger partial charge in [-0.2, -0.15) is 0 Å². The van der Waals surface area contributed by atoms with Crippen molar-refractivity contribution in [1.82, 2.24) is 16.0 Å². The van der Waals surface area contributed by atoms with E-state index in [-0.39, 0.29) is 29.9 Å². The molecule has 1 aliphatic rings. The second-order valence-electron chi connectivity index (χ2n) is 6.24. The van der Waals surface area contributed by atoms with E-state index in [9.17, 15) is 18.0 Å². The number of sulfone groups is 1. The highest BCUT2D eigenvalue weighted by atomic mass is 32.2. The molecule has 2 atom stereocenters. The topological polar surface area (TPSA) is 118 Å². The summed E-state index contributed by atoms with van der Waals surface area (Å²) in [5.74, 6) is 0.189. The number of amides is 3. The largest absolute Gasteiger partial charge is 0.467 e. The zero-order chi connectivity index (χ0) is 17.7. The average molecular weight is 357 g/mol. The number of rotatable bonds is 6. The number of furan rings is 1. The summed E-state index contributed by atoms with van der Waals surface area (Å²) in [7, 11) is -3.07. The van der Waals surface area contributed by atoms with Gasteiger partial charge < -0.3 is 20.4 Å². The predicted octanol–water partition coefficient (Wildman–Crippen LogP) is 0.407. The van der Waals surface area contributed by atoms with E-state index in [1.165, 1.54) is 6.26 Å². The fourth-order valence-corrected chi connectivity index (χ4v) is 4.18. The summed E-state index contributed by atoms with van der Waals surface area (Å²) < 4.78 is 28.0. The molecule has 0 spiro atoms. The SMILES string of the molecule is CC(C)[C@H](NC(=O)N[C@H]1CCS(=O)(=O)C1)C(=O)NCc1ccco1. The van der Waals surface area contributed by atoms with Gasteiger partial charge in [0, 0.05) is 6.04 Å². The lowest BCUT2D eigenvalue weighted by molar-refractivity contribution is -0.124. The maximum atomic E-state index is 12.3. The van der Waals surface area contributed by atoms with Gasteiger partial charge in [-0.05, 0) is 24.5 Å². The first-order valence-corrected chi connectivity index (χ1v) is 9.66. The Morgan fingerprint density at radius 2 is 2.12 bits per heavy atom. The maximum absolute atomic E-state index is 12.3. The van der Waals surface area contributed by atoms with Crippen LogP contribution in [0.3, 0.4) is 0 Å². The van der Waals surface area contributed by atoms with Gasteiger partial charge in [0.1, 0.15) is 11.8 Å². The molecule has 3 amide bonds. The quantitative estimate of drug-likeness (QED) is 0.681. The van der Waals surface area contributed by atoms with Crippen LogP contribution < -0.4 is 16.0 Å². The van der Waals surface area contributed by atoms with Crippen molar-refractivity contribution in [3.8, 4) is 0 Å². The van der Waals surface area contributed by atoms with E-state index >= 15 is 0 Å². The van der Waals surface area contributed by atoms with E-state index < -0.39 is 28.0 Å². The Morgan fingerprint density at radius 1 is 1.38 bits per heavy atom. The molecule has 8 nitrogen and oxygen atoms in total. The molecule has 1 aliphatic heterocycles. The Bertz CT molecular complexity index is 669. The van der Waals surface area contributed by atoms with Crippen LogP contribution in [0.4, 0.5) is 4.79 Å². The van der Waals surface area contributed by atoms with Crippen LogP contribution in [0.2, 0.25) is 0 Å². The van der Waals surface area contributed by atoms with Crippen molar-refractivity contribution in [2.75, 3.05) is 11.5 Å². The van der Waals surface area contributed by atoms with Gasteiger partial charge in [0.25, 0.3) is 0 Å². The first kappa shape index (κ1) is 18.3. The average Bonchev–Trinajstić information content (AvgIpc) is 3.11. The summed E-state index contributed by atoms with van der Waals surface area (Å²) in [6.07, 6.45) is 1.91. The fourth-order valence-electron chi connectivity index (χ4n) is 2.51. The van der Waals surface area contributed by atoms with E-state index in [1.54, 1.807) is 12.1 Å². The van der Waals surface area contributed by atoms with Gasteiger partial charge in [-0.15, -0.1) is 0 Å². The minimum Gasteiger partial charge on any atom is -0.467 e. The van der Waals surface area contributed by atoms with Crippen molar-refractivity contribution < 1.29 is 22.4 Å². The van der Waals surface area contributed by atoms with Gasteiger partial charge in [0.15, 0.2) is 9.84 Å². The number of carbonyl (C=O) groups is 2. The third kappa shape index (κ3) is 5.26. The molecule has 0 aromatic carbocycles. The molecule has 0 aliphatic carbocycles. The Balaban J connectivity index is 1.85. The highest BCUT2D eigenvalue weighted by Crippen LogP contribution is 2.11. The van der Waals surface area contributed by atoms with Crippen LogP contribution in [0.1, 0.15) is 26.0 Å². The van der Waals surface area contributed by atoms with Gasteiger partial charge in [0.05, 0.1) is 24.3 Å². The lowest BCUT2D eigenvalue weighted by atomic mass is 10.0. The zero-order valence-corrected chi connectivity index (χ0v) is 14.6. The molecule has 1 aromatic heterocycles. The summed E-state index contributed by atoms with van der Waals surface area (Å²) in [5.41, 5.74) is 0. The van der Waals surface area contributed by atoms with Gasteiger partial charge in [0.2, 0.25) is 5.91 Å². The second-order valence-corrected chi connectivity index (χ2v) is 8.47. The molecule has 2 rings (SSSR count). The molecule has 1 saturated heterocycles. The third-order valence-corrected chi connectivity index (χ3v) is 5.59. The highest BCUT2D eigenvalue weighted by Gasteiger charge is 2.30. The number of carbonyl (C=O) groups excluding carboxylic acids is 2. The van der Waals surface area contributed by atoms with Crippen molar-refractivity contribution in [3.05, 3.63) is 24.2 Å².